The molecule has 1 aliphatic heterocycles. The Kier molecular flexibility index (Phi) is 3.14. The molecule has 1 aromatic heterocycles. The lowest BCUT2D eigenvalue weighted by Crippen LogP contribution is -2.37. The predicted molar refractivity (Wildman–Crippen MR) is 59.1 cm³/mol. The fourth-order valence-corrected chi connectivity index (χ4v) is 2.13. The Hall–Kier alpha value is -1.50. The van der Waals surface area contributed by atoms with Crippen LogP contribution in [0.25, 0.3) is 0 Å². The zero-order valence-corrected chi connectivity index (χ0v) is 9.63. The molecule has 0 aromatic carbocycles. The molecule has 1 saturated heterocycles. The van der Waals surface area contributed by atoms with Crippen molar-refractivity contribution in [3.8, 4) is 0 Å². The maximum absolute atomic E-state index is 11.7. The molecule has 0 bridgehead atoms. The van der Waals surface area contributed by atoms with E-state index in [1.54, 1.807) is 0 Å². The Labute approximate surface area is 96.5 Å². The summed E-state index contributed by atoms with van der Waals surface area (Å²) in [5, 5.41) is 14.4. The van der Waals surface area contributed by atoms with E-state index in [2.05, 4.69) is 20.8 Å². The molecule has 0 radical (unpaired) electrons. The third-order valence-electron chi connectivity index (χ3n) is 2.31. The van der Waals surface area contributed by atoms with E-state index < -0.39 is 6.04 Å². The molecule has 2 heterocycles. The molecule has 0 spiro atoms. The first-order valence-electron chi connectivity index (χ1n) is 5.11. The number of amides is 2. The third kappa shape index (κ3) is 2.35. The van der Waals surface area contributed by atoms with Crippen molar-refractivity contribution in [2.45, 2.75) is 32.2 Å². The highest BCUT2D eigenvalue weighted by atomic mass is 32.1. The van der Waals surface area contributed by atoms with E-state index in [4.69, 9.17) is 0 Å². The van der Waals surface area contributed by atoms with E-state index in [0.717, 1.165) is 11.4 Å². The molecule has 1 fully saturated rings. The lowest BCUT2D eigenvalue weighted by Gasteiger charge is -2.07. The summed E-state index contributed by atoms with van der Waals surface area (Å²) in [6, 6.07) is -0.429. The first-order valence-corrected chi connectivity index (χ1v) is 5.93. The van der Waals surface area contributed by atoms with Gasteiger partial charge in [-0.15, -0.1) is 10.2 Å². The summed E-state index contributed by atoms with van der Waals surface area (Å²) in [7, 11) is 0. The zero-order valence-electron chi connectivity index (χ0n) is 8.82. The SMILES string of the molecule is CCc1nnc(NC(=O)C2CCC(=O)N2)s1. The van der Waals surface area contributed by atoms with Crippen LogP contribution in [0.15, 0.2) is 0 Å². The molecule has 1 atom stereocenters. The quantitative estimate of drug-likeness (QED) is 0.796. The molecule has 2 N–H and O–H groups in total. The number of carbonyl (C=O) groups excluding carboxylic acids is 2. The maximum atomic E-state index is 11.7. The molecule has 2 amide bonds. The molecule has 86 valence electrons. The zero-order chi connectivity index (χ0) is 11.5. The number of nitrogens with one attached hydrogen (secondary N) is 2. The average molecular weight is 240 g/mol. The van der Waals surface area contributed by atoms with Crippen molar-refractivity contribution in [1.29, 1.82) is 0 Å². The van der Waals surface area contributed by atoms with Crippen LogP contribution < -0.4 is 10.6 Å². The minimum absolute atomic E-state index is 0.0772. The topological polar surface area (TPSA) is 84.0 Å². The van der Waals surface area contributed by atoms with Gasteiger partial charge < -0.3 is 5.32 Å². The normalized spacial score (nSPS) is 19.6. The Morgan fingerprint density at radius 3 is 3.00 bits per heavy atom. The largest absolute Gasteiger partial charge is 0.344 e. The van der Waals surface area contributed by atoms with Crippen LogP contribution in [0.3, 0.4) is 0 Å². The Balaban J connectivity index is 1.94. The molecule has 1 aromatic rings. The number of carbonyl (C=O) groups is 2. The Bertz CT molecular complexity index is 417. The van der Waals surface area contributed by atoms with Gasteiger partial charge in [-0.1, -0.05) is 18.3 Å². The van der Waals surface area contributed by atoms with Crippen LogP contribution in [0.4, 0.5) is 5.13 Å². The van der Waals surface area contributed by atoms with Gasteiger partial charge in [0.2, 0.25) is 16.9 Å². The average Bonchev–Trinajstić information content (AvgIpc) is 2.87. The van der Waals surface area contributed by atoms with Crippen LogP contribution in [-0.4, -0.2) is 28.1 Å². The monoisotopic (exact) mass is 240 g/mol. The summed E-state index contributed by atoms with van der Waals surface area (Å²) in [4.78, 5) is 22.6. The summed E-state index contributed by atoms with van der Waals surface area (Å²) in [5.74, 6) is -0.295. The summed E-state index contributed by atoms with van der Waals surface area (Å²) >= 11 is 1.35. The standard InChI is InChI=1S/C9H12N4O2S/c1-2-7-12-13-9(16-7)11-8(15)5-3-4-6(14)10-5/h5H,2-4H2,1H3,(H,10,14)(H,11,13,15). The van der Waals surface area contributed by atoms with Gasteiger partial charge >= 0.3 is 0 Å². The van der Waals surface area contributed by atoms with E-state index in [1.807, 2.05) is 6.92 Å². The highest BCUT2D eigenvalue weighted by Crippen LogP contribution is 2.16. The number of nitrogens with zero attached hydrogens (tertiary/aromatic N) is 2. The maximum Gasteiger partial charge on any atom is 0.248 e. The van der Waals surface area contributed by atoms with Gasteiger partial charge in [0.15, 0.2) is 0 Å². The van der Waals surface area contributed by atoms with Gasteiger partial charge in [0.1, 0.15) is 11.0 Å². The lowest BCUT2D eigenvalue weighted by molar-refractivity contribution is -0.122. The van der Waals surface area contributed by atoms with Crippen LogP contribution >= 0.6 is 11.3 Å². The van der Waals surface area contributed by atoms with Gasteiger partial charge in [-0.25, -0.2) is 0 Å². The van der Waals surface area contributed by atoms with Gasteiger partial charge in [0.25, 0.3) is 0 Å². The fraction of sp³-hybridized carbons (Fsp3) is 0.556. The number of aromatic nitrogens is 2. The van der Waals surface area contributed by atoms with E-state index in [9.17, 15) is 9.59 Å². The van der Waals surface area contributed by atoms with Crippen molar-refractivity contribution in [2.24, 2.45) is 0 Å². The van der Waals surface area contributed by atoms with Gasteiger partial charge in [0.05, 0.1) is 0 Å². The van der Waals surface area contributed by atoms with Crippen molar-refractivity contribution in [3.63, 3.8) is 0 Å². The Morgan fingerprint density at radius 2 is 2.44 bits per heavy atom. The number of rotatable bonds is 3. The second-order valence-corrected chi connectivity index (χ2v) is 4.56. The minimum atomic E-state index is -0.429. The molecule has 0 aliphatic carbocycles. The van der Waals surface area contributed by atoms with Crippen LogP contribution in [0.5, 0.6) is 0 Å². The summed E-state index contributed by atoms with van der Waals surface area (Å²) < 4.78 is 0. The minimum Gasteiger partial charge on any atom is -0.344 e. The van der Waals surface area contributed by atoms with Crippen molar-refractivity contribution in [3.05, 3.63) is 5.01 Å². The van der Waals surface area contributed by atoms with Crippen LogP contribution in [-0.2, 0) is 16.0 Å². The summed E-state index contributed by atoms with van der Waals surface area (Å²) in [6.45, 7) is 1.98. The lowest BCUT2D eigenvalue weighted by atomic mass is 10.2. The van der Waals surface area contributed by atoms with E-state index in [-0.39, 0.29) is 11.8 Å². The molecule has 16 heavy (non-hydrogen) atoms. The van der Waals surface area contributed by atoms with Crippen molar-refractivity contribution in [1.82, 2.24) is 15.5 Å². The number of anilines is 1. The van der Waals surface area contributed by atoms with E-state index in [0.29, 0.717) is 18.0 Å². The molecular weight excluding hydrogens is 228 g/mol. The first kappa shape index (κ1) is 11.0. The van der Waals surface area contributed by atoms with Gasteiger partial charge in [-0.2, -0.15) is 0 Å². The second kappa shape index (κ2) is 4.56. The summed E-state index contributed by atoms with van der Waals surface area (Å²) in [5.41, 5.74) is 0. The number of hydrogen-bond donors (Lipinski definition) is 2. The van der Waals surface area contributed by atoms with Crippen molar-refractivity contribution in [2.75, 3.05) is 5.32 Å². The smallest absolute Gasteiger partial charge is 0.248 e. The molecule has 2 rings (SSSR count). The van der Waals surface area contributed by atoms with Crippen molar-refractivity contribution >= 4 is 28.3 Å². The highest BCUT2D eigenvalue weighted by molar-refractivity contribution is 7.15. The van der Waals surface area contributed by atoms with Crippen LogP contribution in [0.2, 0.25) is 0 Å². The molecule has 1 unspecified atom stereocenters. The van der Waals surface area contributed by atoms with Gasteiger partial charge in [-0.3, -0.25) is 14.9 Å². The highest BCUT2D eigenvalue weighted by Gasteiger charge is 2.27. The van der Waals surface area contributed by atoms with Gasteiger partial charge in [0, 0.05) is 6.42 Å². The second-order valence-electron chi connectivity index (χ2n) is 3.50. The van der Waals surface area contributed by atoms with Crippen LogP contribution in [0, 0.1) is 0 Å². The fourth-order valence-electron chi connectivity index (χ4n) is 1.45. The molecule has 6 nitrogen and oxygen atoms in total. The third-order valence-corrected chi connectivity index (χ3v) is 3.29. The first-order chi connectivity index (χ1) is 7.69. The van der Waals surface area contributed by atoms with Crippen molar-refractivity contribution < 1.29 is 9.59 Å². The Morgan fingerprint density at radius 1 is 1.62 bits per heavy atom. The molecular formula is C9H12N4O2S. The molecule has 7 heteroatoms. The predicted octanol–water partition coefficient (Wildman–Crippen LogP) is 0.318. The van der Waals surface area contributed by atoms with Gasteiger partial charge in [-0.05, 0) is 12.8 Å². The summed E-state index contributed by atoms with van der Waals surface area (Å²) in [6.07, 6.45) is 1.76. The number of aryl methyl sites for hydroxylation is 1. The van der Waals surface area contributed by atoms with E-state index >= 15 is 0 Å². The van der Waals surface area contributed by atoms with Crippen LogP contribution in [0.1, 0.15) is 24.8 Å². The molecule has 1 aliphatic rings. The number of hydrogen-bond acceptors (Lipinski definition) is 5. The van der Waals surface area contributed by atoms with E-state index in [1.165, 1.54) is 11.3 Å². The molecule has 0 saturated carbocycles.